The average Bonchev–Trinajstić information content (AvgIpc) is 2.40. The summed E-state index contributed by atoms with van der Waals surface area (Å²) in [6.07, 6.45) is 1.17. The summed E-state index contributed by atoms with van der Waals surface area (Å²) in [6.45, 7) is 6.91. The van der Waals surface area contributed by atoms with E-state index in [0.717, 1.165) is 38.3 Å². The minimum atomic E-state index is 0.114. The summed E-state index contributed by atoms with van der Waals surface area (Å²) in [5.41, 5.74) is 0.725. The SMILES string of the molecule is CCCN1CCN(C(=O)c2ccc(Cl)cc2)CC1. The second-order valence-corrected chi connectivity index (χ2v) is 5.08. The Balaban J connectivity index is 1.93. The molecular formula is C14H19ClN2O. The minimum Gasteiger partial charge on any atom is -0.336 e. The first-order chi connectivity index (χ1) is 8.70. The van der Waals surface area contributed by atoms with E-state index in [1.807, 2.05) is 4.90 Å². The highest BCUT2D eigenvalue weighted by Crippen LogP contribution is 2.13. The van der Waals surface area contributed by atoms with E-state index in [2.05, 4.69) is 11.8 Å². The predicted molar refractivity (Wildman–Crippen MR) is 74.1 cm³/mol. The van der Waals surface area contributed by atoms with Gasteiger partial charge in [-0.2, -0.15) is 0 Å². The maximum Gasteiger partial charge on any atom is 0.253 e. The van der Waals surface area contributed by atoms with Gasteiger partial charge >= 0.3 is 0 Å². The maximum atomic E-state index is 12.2. The zero-order chi connectivity index (χ0) is 13.0. The Kier molecular flexibility index (Phi) is 4.61. The highest BCUT2D eigenvalue weighted by Gasteiger charge is 2.21. The zero-order valence-electron chi connectivity index (χ0n) is 10.7. The number of piperazine rings is 1. The van der Waals surface area contributed by atoms with Gasteiger partial charge in [-0.05, 0) is 37.2 Å². The van der Waals surface area contributed by atoms with E-state index in [1.54, 1.807) is 24.3 Å². The lowest BCUT2D eigenvalue weighted by atomic mass is 10.2. The summed E-state index contributed by atoms with van der Waals surface area (Å²) >= 11 is 5.82. The largest absolute Gasteiger partial charge is 0.336 e. The quantitative estimate of drug-likeness (QED) is 0.839. The van der Waals surface area contributed by atoms with Crippen LogP contribution < -0.4 is 0 Å². The van der Waals surface area contributed by atoms with Crippen LogP contribution in [-0.4, -0.2) is 48.4 Å². The summed E-state index contributed by atoms with van der Waals surface area (Å²) in [5, 5.41) is 0.666. The second-order valence-electron chi connectivity index (χ2n) is 4.64. The molecule has 1 aliphatic rings. The van der Waals surface area contributed by atoms with Gasteiger partial charge in [0.2, 0.25) is 0 Å². The van der Waals surface area contributed by atoms with Crippen molar-refractivity contribution in [3.8, 4) is 0 Å². The summed E-state index contributed by atoms with van der Waals surface area (Å²) < 4.78 is 0. The highest BCUT2D eigenvalue weighted by atomic mass is 35.5. The fraction of sp³-hybridized carbons (Fsp3) is 0.500. The Morgan fingerprint density at radius 1 is 1.17 bits per heavy atom. The van der Waals surface area contributed by atoms with Gasteiger partial charge in [-0.25, -0.2) is 0 Å². The van der Waals surface area contributed by atoms with Crippen LogP contribution in [0.5, 0.6) is 0 Å². The normalized spacial score (nSPS) is 16.9. The molecule has 0 saturated carbocycles. The van der Waals surface area contributed by atoms with E-state index in [4.69, 9.17) is 11.6 Å². The smallest absolute Gasteiger partial charge is 0.253 e. The van der Waals surface area contributed by atoms with Crippen LogP contribution in [0.15, 0.2) is 24.3 Å². The predicted octanol–water partition coefficient (Wildman–Crippen LogP) is 2.51. The second kappa shape index (κ2) is 6.21. The van der Waals surface area contributed by atoms with Crippen LogP contribution in [0.25, 0.3) is 0 Å². The van der Waals surface area contributed by atoms with Gasteiger partial charge in [0.05, 0.1) is 0 Å². The first-order valence-corrected chi connectivity index (χ1v) is 6.85. The van der Waals surface area contributed by atoms with Crippen molar-refractivity contribution in [3.05, 3.63) is 34.9 Å². The van der Waals surface area contributed by atoms with Gasteiger partial charge in [0.25, 0.3) is 5.91 Å². The Morgan fingerprint density at radius 3 is 2.33 bits per heavy atom. The van der Waals surface area contributed by atoms with Crippen LogP contribution in [-0.2, 0) is 0 Å². The summed E-state index contributed by atoms with van der Waals surface area (Å²) in [5.74, 6) is 0.114. The number of benzene rings is 1. The summed E-state index contributed by atoms with van der Waals surface area (Å²) in [4.78, 5) is 16.6. The molecule has 2 rings (SSSR count). The van der Waals surface area contributed by atoms with Crippen LogP contribution in [0.3, 0.4) is 0 Å². The van der Waals surface area contributed by atoms with E-state index < -0.39 is 0 Å². The van der Waals surface area contributed by atoms with Crippen molar-refractivity contribution in [2.75, 3.05) is 32.7 Å². The zero-order valence-corrected chi connectivity index (χ0v) is 11.5. The van der Waals surface area contributed by atoms with Gasteiger partial charge in [0, 0.05) is 36.8 Å². The summed E-state index contributed by atoms with van der Waals surface area (Å²) in [7, 11) is 0. The van der Waals surface area contributed by atoms with Gasteiger partial charge in [-0.3, -0.25) is 9.69 Å². The van der Waals surface area contributed by atoms with Crippen molar-refractivity contribution in [1.29, 1.82) is 0 Å². The van der Waals surface area contributed by atoms with E-state index in [1.165, 1.54) is 6.42 Å². The molecule has 0 radical (unpaired) electrons. The third-order valence-corrected chi connectivity index (χ3v) is 3.54. The van der Waals surface area contributed by atoms with Crippen LogP contribution in [0, 0.1) is 0 Å². The molecule has 1 fully saturated rings. The molecule has 3 nitrogen and oxygen atoms in total. The molecule has 0 unspecified atom stereocenters. The number of halogens is 1. The van der Waals surface area contributed by atoms with Crippen molar-refractivity contribution in [2.24, 2.45) is 0 Å². The van der Waals surface area contributed by atoms with Gasteiger partial charge in [0.1, 0.15) is 0 Å². The minimum absolute atomic E-state index is 0.114. The molecule has 1 saturated heterocycles. The Hall–Kier alpha value is -1.06. The molecule has 98 valence electrons. The van der Waals surface area contributed by atoms with E-state index in [0.29, 0.717) is 5.02 Å². The molecule has 1 aliphatic heterocycles. The molecule has 4 heteroatoms. The van der Waals surface area contributed by atoms with Crippen LogP contribution in [0.1, 0.15) is 23.7 Å². The van der Waals surface area contributed by atoms with Gasteiger partial charge < -0.3 is 4.90 Å². The van der Waals surface area contributed by atoms with Crippen LogP contribution in [0.4, 0.5) is 0 Å². The first kappa shape index (κ1) is 13.4. The van der Waals surface area contributed by atoms with E-state index >= 15 is 0 Å². The van der Waals surface area contributed by atoms with Crippen molar-refractivity contribution in [2.45, 2.75) is 13.3 Å². The number of hydrogen-bond acceptors (Lipinski definition) is 2. The Labute approximate surface area is 113 Å². The summed E-state index contributed by atoms with van der Waals surface area (Å²) in [6, 6.07) is 7.12. The number of carbonyl (C=O) groups is 1. The van der Waals surface area contributed by atoms with E-state index in [-0.39, 0.29) is 5.91 Å². The first-order valence-electron chi connectivity index (χ1n) is 6.48. The molecule has 0 N–H and O–H groups in total. The fourth-order valence-electron chi connectivity index (χ4n) is 2.27. The molecule has 0 atom stereocenters. The van der Waals surface area contributed by atoms with Crippen molar-refractivity contribution in [3.63, 3.8) is 0 Å². The van der Waals surface area contributed by atoms with E-state index in [9.17, 15) is 4.79 Å². The number of hydrogen-bond donors (Lipinski definition) is 0. The van der Waals surface area contributed by atoms with Crippen LogP contribution >= 0.6 is 11.6 Å². The molecule has 1 aromatic carbocycles. The highest BCUT2D eigenvalue weighted by molar-refractivity contribution is 6.30. The van der Waals surface area contributed by atoms with Crippen LogP contribution in [0.2, 0.25) is 5.02 Å². The van der Waals surface area contributed by atoms with Gasteiger partial charge in [-0.15, -0.1) is 0 Å². The van der Waals surface area contributed by atoms with Gasteiger partial charge in [-0.1, -0.05) is 18.5 Å². The third kappa shape index (κ3) is 3.24. The van der Waals surface area contributed by atoms with Gasteiger partial charge in [0.15, 0.2) is 0 Å². The maximum absolute atomic E-state index is 12.2. The van der Waals surface area contributed by atoms with Crippen molar-refractivity contribution < 1.29 is 4.79 Å². The average molecular weight is 267 g/mol. The Morgan fingerprint density at radius 2 is 1.78 bits per heavy atom. The van der Waals surface area contributed by atoms with Crippen molar-refractivity contribution >= 4 is 17.5 Å². The fourth-order valence-corrected chi connectivity index (χ4v) is 2.39. The topological polar surface area (TPSA) is 23.6 Å². The lowest BCUT2D eigenvalue weighted by Crippen LogP contribution is -2.48. The molecule has 0 bridgehead atoms. The standard InChI is InChI=1S/C14H19ClN2O/c1-2-7-16-8-10-17(11-9-16)14(18)12-3-5-13(15)6-4-12/h3-6H,2,7-11H2,1H3. The molecule has 0 aliphatic carbocycles. The molecule has 1 aromatic rings. The molecule has 0 aromatic heterocycles. The molecule has 0 spiro atoms. The molecule has 1 heterocycles. The molecular weight excluding hydrogens is 248 g/mol. The number of rotatable bonds is 3. The Bertz CT molecular complexity index is 397. The third-order valence-electron chi connectivity index (χ3n) is 3.29. The number of nitrogens with zero attached hydrogens (tertiary/aromatic N) is 2. The molecule has 1 amide bonds. The number of amides is 1. The molecule has 18 heavy (non-hydrogen) atoms. The number of carbonyl (C=O) groups excluding carboxylic acids is 1. The van der Waals surface area contributed by atoms with Crippen molar-refractivity contribution in [1.82, 2.24) is 9.80 Å². The monoisotopic (exact) mass is 266 g/mol. The lowest BCUT2D eigenvalue weighted by molar-refractivity contribution is 0.0637. The lowest BCUT2D eigenvalue weighted by Gasteiger charge is -2.34.